The SMILES string of the molecule is Cc1ccc(Nc2ccnc(Nc3ccc(SN(CCN)C4CNC4)cc3)n2)cc1. The van der Waals surface area contributed by atoms with E-state index in [2.05, 4.69) is 61.4 Å². The minimum absolute atomic E-state index is 0.550. The van der Waals surface area contributed by atoms with E-state index in [1.165, 1.54) is 10.5 Å². The molecule has 5 N–H and O–H groups in total. The Morgan fingerprint density at radius 1 is 1.03 bits per heavy atom. The Hall–Kier alpha value is -2.65. The second kappa shape index (κ2) is 9.90. The summed E-state index contributed by atoms with van der Waals surface area (Å²) in [4.78, 5) is 10.1. The summed E-state index contributed by atoms with van der Waals surface area (Å²) in [6.07, 6.45) is 1.74. The highest BCUT2D eigenvalue weighted by Crippen LogP contribution is 2.27. The summed E-state index contributed by atoms with van der Waals surface area (Å²) in [5, 5.41) is 9.90. The maximum absolute atomic E-state index is 5.77. The Morgan fingerprint density at radius 3 is 2.40 bits per heavy atom. The van der Waals surface area contributed by atoms with Gasteiger partial charge in [0.05, 0.1) is 0 Å². The third-order valence-electron chi connectivity index (χ3n) is 4.83. The van der Waals surface area contributed by atoms with E-state index in [9.17, 15) is 0 Å². The first kappa shape index (κ1) is 20.6. The highest BCUT2D eigenvalue weighted by molar-refractivity contribution is 7.97. The molecule has 1 aromatic heterocycles. The first-order valence-corrected chi connectivity index (χ1v) is 10.9. The van der Waals surface area contributed by atoms with Crippen LogP contribution >= 0.6 is 11.9 Å². The van der Waals surface area contributed by atoms with Crippen molar-refractivity contribution in [1.82, 2.24) is 19.6 Å². The molecule has 0 unspecified atom stereocenters. The van der Waals surface area contributed by atoms with Crippen molar-refractivity contribution in [3.8, 4) is 0 Å². The van der Waals surface area contributed by atoms with Gasteiger partial charge in [0.15, 0.2) is 0 Å². The van der Waals surface area contributed by atoms with Gasteiger partial charge in [-0.25, -0.2) is 9.29 Å². The highest BCUT2D eigenvalue weighted by atomic mass is 32.2. The van der Waals surface area contributed by atoms with E-state index in [-0.39, 0.29) is 0 Å². The molecule has 3 aromatic rings. The monoisotopic (exact) mass is 421 g/mol. The van der Waals surface area contributed by atoms with Gasteiger partial charge in [0.1, 0.15) is 5.82 Å². The predicted molar refractivity (Wildman–Crippen MR) is 124 cm³/mol. The summed E-state index contributed by atoms with van der Waals surface area (Å²) in [7, 11) is 0. The molecule has 0 bridgehead atoms. The van der Waals surface area contributed by atoms with E-state index in [1.54, 1.807) is 18.1 Å². The van der Waals surface area contributed by atoms with Crippen molar-refractivity contribution in [2.45, 2.75) is 17.9 Å². The maximum atomic E-state index is 5.77. The largest absolute Gasteiger partial charge is 0.340 e. The van der Waals surface area contributed by atoms with E-state index < -0.39 is 0 Å². The summed E-state index contributed by atoms with van der Waals surface area (Å²) in [5.41, 5.74) is 8.94. The summed E-state index contributed by atoms with van der Waals surface area (Å²) in [6, 6.07) is 18.9. The lowest BCUT2D eigenvalue weighted by Crippen LogP contribution is -2.55. The number of hydrogen-bond donors (Lipinski definition) is 4. The number of rotatable bonds is 9. The smallest absolute Gasteiger partial charge is 0.229 e. The molecule has 0 spiro atoms. The molecule has 2 aromatic carbocycles. The van der Waals surface area contributed by atoms with Gasteiger partial charge in [-0.3, -0.25) is 0 Å². The number of nitrogens with two attached hydrogens (primary N) is 1. The predicted octanol–water partition coefficient (Wildman–Crippen LogP) is 3.51. The quantitative estimate of drug-likeness (QED) is 0.390. The molecule has 4 rings (SSSR count). The molecule has 0 atom stereocenters. The Morgan fingerprint density at radius 2 is 1.73 bits per heavy atom. The zero-order valence-corrected chi connectivity index (χ0v) is 17.8. The van der Waals surface area contributed by atoms with Crippen molar-refractivity contribution in [2.24, 2.45) is 5.73 Å². The number of hydrogen-bond acceptors (Lipinski definition) is 8. The van der Waals surface area contributed by atoms with Gasteiger partial charge in [-0.05, 0) is 61.3 Å². The van der Waals surface area contributed by atoms with E-state index in [4.69, 9.17) is 5.73 Å². The summed E-state index contributed by atoms with van der Waals surface area (Å²) >= 11 is 1.76. The Bertz CT molecular complexity index is 942. The van der Waals surface area contributed by atoms with Crippen LogP contribution in [0.2, 0.25) is 0 Å². The molecule has 1 fully saturated rings. The molecule has 0 aliphatic carbocycles. The van der Waals surface area contributed by atoms with Gasteiger partial charge in [-0.2, -0.15) is 4.98 Å². The summed E-state index contributed by atoms with van der Waals surface area (Å²) < 4.78 is 2.36. The number of nitrogens with one attached hydrogen (secondary N) is 3. The minimum atomic E-state index is 0.550. The first-order chi connectivity index (χ1) is 14.7. The molecule has 0 saturated carbocycles. The molecule has 2 heterocycles. The van der Waals surface area contributed by atoms with E-state index in [0.717, 1.165) is 36.8 Å². The number of anilines is 4. The van der Waals surface area contributed by atoms with Crippen molar-refractivity contribution in [3.05, 3.63) is 66.4 Å². The van der Waals surface area contributed by atoms with Crippen LogP contribution in [0.15, 0.2) is 65.7 Å². The Kier molecular flexibility index (Phi) is 6.81. The second-order valence-corrected chi connectivity index (χ2v) is 8.36. The molecule has 30 heavy (non-hydrogen) atoms. The van der Waals surface area contributed by atoms with Crippen LogP contribution in [-0.4, -0.2) is 46.5 Å². The lowest BCUT2D eigenvalue weighted by atomic mass is 10.2. The zero-order chi connectivity index (χ0) is 20.8. The fourth-order valence-electron chi connectivity index (χ4n) is 3.04. The molecule has 8 heteroatoms. The molecule has 7 nitrogen and oxygen atoms in total. The van der Waals surface area contributed by atoms with Crippen LogP contribution in [0.25, 0.3) is 0 Å². The lowest BCUT2D eigenvalue weighted by molar-refractivity contribution is 0.265. The molecule has 1 aliphatic rings. The first-order valence-electron chi connectivity index (χ1n) is 10.1. The van der Waals surface area contributed by atoms with Crippen molar-refractivity contribution in [2.75, 3.05) is 36.8 Å². The van der Waals surface area contributed by atoms with E-state index >= 15 is 0 Å². The number of aromatic nitrogens is 2. The third-order valence-corrected chi connectivity index (χ3v) is 6.03. The van der Waals surface area contributed by atoms with Gasteiger partial charge in [-0.15, -0.1) is 0 Å². The average Bonchev–Trinajstić information content (AvgIpc) is 2.70. The Balaban J connectivity index is 1.37. The molecule has 0 radical (unpaired) electrons. The third kappa shape index (κ3) is 5.48. The zero-order valence-electron chi connectivity index (χ0n) is 17.0. The summed E-state index contributed by atoms with van der Waals surface area (Å²) in [6.45, 7) is 5.66. The Labute approximate surface area is 181 Å². The average molecular weight is 422 g/mol. The normalized spacial score (nSPS) is 13.8. The van der Waals surface area contributed by atoms with Crippen LogP contribution in [0, 0.1) is 6.92 Å². The molecule has 1 aliphatic heterocycles. The summed E-state index contributed by atoms with van der Waals surface area (Å²) in [5.74, 6) is 1.30. The van der Waals surface area contributed by atoms with Gasteiger partial charge in [0.2, 0.25) is 5.95 Å². The van der Waals surface area contributed by atoms with E-state index in [0.29, 0.717) is 18.5 Å². The van der Waals surface area contributed by atoms with Crippen LogP contribution in [-0.2, 0) is 0 Å². The topological polar surface area (TPSA) is 91.1 Å². The fraction of sp³-hybridized carbons (Fsp3) is 0.273. The molecular formula is C22H27N7S. The van der Waals surface area contributed by atoms with Crippen molar-refractivity contribution in [1.29, 1.82) is 0 Å². The number of nitrogens with zero attached hydrogens (tertiary/aromatic N) is 3. The maximum Gasteiger partial charge on any atom is 0.229 e. The van der Waals surface area contributed by atoms with Crippen LogP contribution in [0.3, 0.4) is 0 Å². The van der Waals surface area contributed by atoms with Crippen LogP contribution in [0.1, 0.15) is 5.56 Å². The van der Waals surface area contributed by atoms with Crippen molar-refractivity contribution < 1.29 is 0 Å². The van der Waals surface area contributed by atoms with Crippen molar-refractivity contribution >= 4 is 35.1 Å². The van der Waals surface area contributed by atoms with Gasteiger partial charge in [0.25, 0.3) is 0 Å². The molecule has 156 valence electrons. The van der Waals surface area contributed by atoms with Crippen LogP contribution < -0.4 is 21.7 Å². The lowest BCUT2D eigenvalue weighted by Gasteiger charge is -2.37. The van der Waals surface area contributed by atoms with E-state index in [1.807, 2.05) is 30.3 Å². The standard InChI is InChI=1S/C22H27N7S/c1-16-2-4-17(5-3-16)26-21-10-12-25-22(28-21)27-18-6-8-20(9-7-18)30-29(13-11-23)19-14-24-15-19/h2-10,12,19,24H,11,13-15,23H2,1H3,(H2,25,26,27,28). The molecular weight excluding hydrogens is 394 g/mol. The second-order valence-electron chi connectivity index (χ2n) is 7.24. The van der Waals surface area contributed by atoms with Gasteiger partial charge >= 0.3 is 0 Å². The number of aryl methyl sites for hydroxylation is 1. The van der Waals surface area contributed by atoms with Crippen molar-refractivity contribution in [3.63, 3.8) is 0 Å². The van der Waals surface area contributed by atoms with Gasteiger partial charge < -0.3 is 21.7 Å². The van der Waals surface area contributed by atoms with Gasteiger partial charge in [-0.1, -0.05) is 17.7 Å². The minimum Gasteiger partial charge on any atom is -0.340 e. The molecule has 1 saturated heterocycles. The van der Waals surface area contributed by atoms with Gasteiger partial charge in [0, 0.05) is 54.7 Å². The highest BCUT2D eigenvalue weighted by Gasteiger charge is 2.24. The number of benzene rings is 2. The van der Waals surface area contributed by atoms with Crippen LogP contribution in [0.4, 0.5) is 23.1 Å². The molecule has 0 amide bonds. The fourth-order valence-corrected chi connectivity index (χ4v) is 4.07. The van der Waals surface area contributed by atoms with Crippen LogP contribution in [0.5, 0.6) is 0 Å².